The molecule has 1 aliphatic rings. The molecule has 0 heterocycles. The van der Waals surface area contributed by atoms with Gasteiger partial charge in [0.2, 0.25) is 0 Å². The van der Waals surface area contributed by atoms with Crippen molar-refractivity contribution >= 4 is 21.7 Å². The van der Waals surface area contributed by atoms with Gasteiger partial charge in [0.1, 0.15) is 0 Å². The van der Waals surface area contributed by atoms with E-state index in [-0.39, 0.29) is 16.8 Å². The van der Waals surface area contributed by atoms with E-state index < -0.39 is 15.4 Å². The number of allylic oxidation sites excluding steroid dienone is 2. The van der Waals surface area contributed by atoms with Crippen LogP contribution in [0.4, 0.5) is 0 Å². The zero-order chi connectivity index (χ0) is 20.8. The number of carbonyl (C=O) groups is 1. The van der Waals surface area contributed by atoms with Crippen molar-refractivity contribution in [3.05, 3.63) is 42.0 Å². The Bertz CT molecular complexity index is 844. The van der Waals surface area contributed by atoms with E-state index in [0.717, 1.165) is 18.4 Å². The number of ether oxygens (including phenoxy) is 1. The van der Waals surface area contributed by atoms with Crippen molar-refractivity contribution in [2.45, 2.75) is 58.3 Å². The van der Waals surface area contributed by atoms with Crippen LogP contribution in [-0.4, -0.2) is 26.7 Å². The molecule has 1 N–H and O–H groups in total. The van der Waals surface area contributed by atoms with Crippen molar-refractivity contribution in [3.63, 3.8) is 0 Å². The number of carbonyl (C=O) groups excluding carboxylic acids is 1. The average Bonchev–Trinajstić information content (AvgIpc) is 2.66. The van der Waals surface area contributed by atoms with Gasteiger partial charge in [-0.2, -0.15) is 13.5 Å². The van der Waals surface area contributed by atoms with Gasteiger partial charge in [-0.15, -0.1) is 0 Å². The van der Waals surface area contributed by atoms with Gasteiger partial charge in [-0.05, 0) is 64.5 Å². The third kappa shape index (κ3) is 5.22. The highest BCUT2D eigenvalue weighted by molar-refractivity contribution is 7.89. The lowest BCUT2D eigenvalue weighted by atomic mass is 9.67. The minimum Gasteiger partial charge on any atom is -0.466 e. The van der Waals surface area contributed by atoms with E-state index in [1.807, 2.05) is 20.8 Å². The van der Waals surface area contributed by atoms with Crippen LogP contribution >= 0.6 is 0 Å². The number of nitrogens with zero attached hydrogens (tertiary/aromatic N) is 1. The minimum atomic E-state index is -3.71. The molecule has 154 valence electrons. The van der Waals surface area contributed by atoms with Crippen LogP contribution in [0.1, 0.15) is 52.0 Å². The van der Waals surface area contributed by atoms with E-state index in [2.05, 4.69) is 22.1 Å². The maximum Gasteiger partial charge on any atom is 0.312 e. The summed E-state index contributed by atoms with van der Waals surface area (Å²) in [7, 11) is -3.71. The van der Waals surface area contributed by atoms with Crippen molar-refractivity contribution in [1.82, 2.24) is 4.83 Å². The van der Waals surface area contributed by atoms with Crippen molar-refractivity contribution in [2.24, 2.45) is 16.4 Å². The second-order valence-corrected chi connectivity index (χ2v) is 9.05. The second-order valence-electron chi connectivity index (χ2n) is 7.39. The Morgan fingerprint density at radius 3 is 2.61 bits per heavy atom. The van der Waals surface area contributed by atoms with Gasteiger partial charge in [0.25, 0.3) is 10.0 Å². The number of esters is 1. The molecule has 1 aliphatic carbocycles. The minimum absolute atomic E-state index is 0.0670. The zero-order valence-electron chi connectivity index (χ0n) is 17.1. The van der Waals surface area contributed by atoms with Gasteiger partial charge in [0.05, 0.1) is 16.9 Å². The second kappa shape index (κ2) is 9.37. The fourth-order valence-corrected chi connectivity index (χ4v) is 4.31. The summed E-state index contributed by atoms with van der Waals surface area (Å²) in [4.78, 5) is 15.1. The molecule has 1 aromatic rings. The predicted molar refractivity (Wildman–Crippen MR) is 110 cm³/mol. The molecule has 0 aliphatic heterocycles. The maximum absolute atomic E-state index is 12.7. The first-order valence-corrected chi connectivity index (χ1v) is 11.1. The van der Waals surface area contributed by atoms with E-state index in [1.165, 1.54) is 0 Å². The number of hydrazone groups is 1. The number of nitrogens with one attached hydrogen (secondary N) is 1. The summed E-state index contributed by atoms with van der Waals surface area (Å²) in [6.45, 7) is 7.84. The monoisotopic (exact) mass is 406 g/mol. The van der Waals surface area contributed by atoms with E-state index in [4.69, 9.17) is 4.74 Å². The van der Waals surface area contributed by atoms with Gasteiger partial charge in [0.15, 0.2) is 0 Å². The molecule has 28 heavy (non-hydrogen) atoms. The number of aryl methyl sites for hydroxylation is 1. The number of hydrogen-bond acceptors (Lipinski definition) is 5. The van der Waals surface area contributed by atoms with Crippen molar-refractivity contribution in [3.8, 4) is 0 Å². The van der Waals surface area contributed by atoms with Gasteiger partial charge >= 0.3 is 5.97 Å². The molecule has 0 saturated carbocycles. The zero-order valence-corrected chi connectivity index (χ0v) is 17.9. The summed E-state index contributed by atoms with van der Waals surface area (Å²) in [5.74, 6) is -0.114. The number of benzene rings is 1. The third-order valence-corrected chi connectivity index (χ3v) is 6.58. The van der Waals surface area contributed by atoms with Crippen LogP contribution in [0.5, 0.6) is 0 Å². The fourth-order valence-electron chi connectivity index (χ4n) is 3.44. The van der Waals surface area contributed by atoms with Gasteiger partial charge in [-0.25, -0.2) is 4.83 Å². The van der Waals surface area contributed by atoms with Gasteiger partial charge in [0, 0.05) is 5.71 Å². The molecule has 0 unspecified atom stereocenters. The summed E-state index contributed by atoms with van der Waals surface area (Å²) in [6.07, 6.45) is 6.80. The molecule has 2 atom stereocenters. The first-order chi connectivity index (χ1) is 13.2. The maximum atomic E-state index is 12.7. The SMILES string of the molecule is CCOC(=O)[C@@]1(CC/C(C)=N/NS(=O)(=O)c2ccc(C)cc2)CCC=C[C@H]1C. The van der Waals surface area contributed by atoms with Crippen LogP contribution in [0.25, 0.3) is 0 Å². The van der Waals surface area contributed by atoms with Crippen molar-refractivity contribution < 1.29 is 17.9 Å². The average molecular weight is 407 g/mol. The Hall–Kier alpha value is -2.15. The standard InChI is InChI=1S/C21H30N2O4S/c1-5-27-20(24)21(14-7-6-8-17(21)3)15-13-18(4)22-23-28(25,26)19-11-9-16(2)10-12-19/h6,8-12,17,23H,5,7,13-15H2,1-4H3/b22-18+/t17-,21-/m1/s1. The Kier molecular flexibility index (Phi) is 7.41. The number of rotatable bonds is 8. The van der Waals surface area contributed by atoms with E-state index >= 15 is 0 Å². The highest BCUT2D eigenvalue weighted by Crippen LogP contribution is 2.43. The highest BCUT2D eigenvalue weighted by atomic mass is 32.2. The summed E-state index contributed by atoms with van der Waals surface area (Å²) in [6, 6.07) is 6.58. The largest absolute Gasteiger partial charge is 0.466 e. The molecule has 6 nitrogen and oxygen atoms in total. The Balaban J connectivity index is 2.07. The molecule has 0 bridgehead atoms. The topological polar surface area (TPSA) is 84.8 Å². The molecule has 0 spiro atoms. The lowest BCUT2D eigenvalue weighted by Gasteiger charge is -2.37. The molecule has 1 aromatic carbocycles. The normalized spacial score (nSPS) is 22.7. The summed E-state index contributed by atoms with van der Waals surface area (Å²) in [5, 5.41) is 4.05. The summed E-state index contributed by atoms with van der Waals surface area (Å²) < 4.78 is 30.1. The molecular formula is C21H30N2O4S. The van der Waals surface area contributed by atoms with Crippen LogP contribution in [-0.2, 0) is 19.6 Å². The van der Waals surface area contributed by atoms with Crippen molar-refractivity contribution in [2.75, 3.05) is 6.61 Å². The molecule has 0 saturated heterocycles. The fraction of sp³-hybridized carbons (Fsp3) is 0.524. The van der Waals surface area contributed by atoms with Crippen LogP contribution < -0.4 is 4.83 Å². The van der Waals surface area contributed by atoms with Gasteiger partial charge in [-0.1, -0.05) is 36.8 Å². The van der Waals surface area contributed by atoms with E-state index in [0.29, 0.717) is 25.2 Å². The molecule has 0 amide bonds. The van der Waals surface area contributed by atoms with Crippen LogP contribution in [0.3, 0.4) is 0 Å². The third-order valence-electron chi connectivity index (χ3n) is 5.36. The highest BCUT2D eigenvalue weighted by Gasteiger charge is 2.44. The lowest BCUT2D eigenvalue weighted by Crippen LogP contribution is -2.40. The quantitative estimate of drug-likeness (QED) is 0.306. The predicted octanol–water partition coefficient (Wildman–Crippen LogP) is 3.97. The molecule has 0 fully saturated rings. The molecule has 0 radical (unpaired) electrons. The van der Waals surface area contributed by atoms with Gasteiger partial charge < -0.3 is 4.74 Å². The smallest absolute Gasteiger partial charge is 0.312 e. The van der Waals surface area contributed by atoms with Crippen LogP contribution in [0.15, 0.2) is 46.4 Å². The Morgan fingerprint density at radius 2 is 2.00 bits per heavy atom. The van der Waals surface area contributed by atoms with Gasteiger partial charge in [-0.3, -0.25) is 4.79 Å². The number of sulfonamides is 1. The Labute approximate surface area is 168 Å². The summed E-state index contributed by atoms with van der Waals surface area (Å²) >= 11 is 0. The first-order valence-electron chi connectivity index (χ1n) is 9.67. The molecule has 0 aromatic heterocycles. The first kappa shape index (κ1) is 22.1. The molecular weight excluding hydrogens is 376 g/mol. The van der Waals surface area contributed by atoms with Crippen LogP contribution in [0, 0.1) is 18.3 Å². The lowest BCUT2D eigenvalue weighted by molar-refractivity contribution is -0.159. The molecule has 2 rings (SSSR count). The van der Waals surface area contributed by atoms with E-state index in [9.17, 15) is 13.2 Å². The number of hydrogen-bond donors (Lipinski definition) is 1. The Morgan fingerprint density at radius 1 is 1.32 bits per heavy atom. The molecule has 7 heteroatoms. The van der Waals surface area contributed by atoms with E-state index in [1.54, 1.807) is 31.2 Å². The van der Waals surface area contributed by atoms with Crippen LogP contribution in [0.2, 0.25) is 0 Å². The van der Waals surface area contributed by atoms with Crippen molar-refractivity contribution in [1.29, 1.82) is 0 Å². The summed E-state index contributed by atoms with van der Waals surface area (Å²) in [5.41, 5.74) is 1.02.